The van der Waals surface area contributed by atoms with Crippen molar-refractivity contribution in [2.75, 3.05) is 37.6 Å². The van der Waals surface area contributed by atoms with E-state index in [0.717, 1.165) is 12.8 Å². The van der Waals surface area contributed by atoms with Crippen molar-refractivity contribution >= 4 is 21.6 Å². The summed E-state index contributed by atoms with van der Waals surface area (Å²) in [7, 11) is 0. The van der Waals surface area contributed by atoms with Crippen LogP contribution in [0, 0.1) is 5.41 Å². The Bertz CT molecular complexity index is 560. The van der Waals surface area contributed by atoms with E-state index in [0.29, 0.717) is 5.41 Å². The van der Waals surface area contributed by atoms with E-state index in [4.69, 9.17) is 0 Å². The fourth-order valence-corrected chi connectivity index (χ4v) is 5.33. The van der Waals surface area contributed by atoms with Gasteiger partial charge in [0, 0.05) is 23.2 Å². The summed E-state index contributed by atoms with van der Waals surface area (Å²) in [6, 6.07) is 6.57. The number of halogens is 1. The molecule has 3 nitrogen and oxygen atoms in total. The lowest BCUT2D eigenvalue weighted by Gasteiger charge is -2.50. The summed E-state index contributed by atoms with van der Waals surface area (Å²) >= 11 is 3.68. The Labute approximate surface area is 147 Å². The molecule has 1 N–H and O–H groups in total. The van der Waals surface area contributed by atoms with Gasteiger partial charge in [-0.05, 0) is 81.3 Å². The molecule has 2 fully saturated rings. The second-order valence-electron chi connectivity index (χ2n) is 7.73. The summed E-state index contributed by atoms with van der Waals surface area (Å²) in [6.45, 7) is 6.02. The van der Waals surface area contributed by atoms with E-state index in [-0.39, 0.29) is 6.10 Å². The molecule has 1 spiro atoms. The molecule has 1 aromatic carbocycles. The molecule has 0 aromatic heterocycles. The van der Waals surface area contributed by atoms with Gasteiger partial charge in [0.25, 0.3) is 0 Å². The van der Waals surface area contributed by atoms with Crippen LogP contribution >= 0.6 is 15.9 Å². The molecule has 1 saturated heterocycles. The minimum absolute atomic E-state index is 0.00360. The van der Waals surface area contributed by atoms with Crippen molar-refractivity contribution in [3.8, 4) is 0 Å². The Hall–Kier alpha value is -0.580. The lowest BCUT2D eigenvalue weighted by molar-refractivity contribution is -0.0678. The van der Waals surface area contributed by atoms with Gasteiger partial charge in [-0.15, -0.1) is 0 Å². The predicted molar refractivity (Wildman–Crippen MR) is 98.0 cm³/mol. The largest absolute Gasteiger partial charge is 0.393 e. The summed E-state index contributed by atoms with van der Waals surface area (Å²) in [5, 5.41) is 9.57. The monoisotopic (exact) mass is 378 g/mol. The van der Waals surface area contributed by atoms with Crippen LogP contribution < -0.4 is 4.90 Å². The van der Waals surface area contributed by atoms with Crippen LogP contribution in [0.3, 0.4) is 0 Å². The minimum atomic E-state index is -0.00360. The summed E-state index contributed by atoms with van der Waals surface area (Å²) in [4.78, 5) is 5.18. The van der Waals surface area contributed by atoms with Crippen molar-refractivity contribution in [3.05, 3.63) is 28.2 Å². The molecular weight excluding hydrogens is 352 g/mol. The number of benzene rings is 1. The molecule has 126 valence electrons. The first kappa shape index (κ1) is 15.9. The SMILES string of the molecule is OC1CC2(CCN(CCCN3CCc4c(Br)cccc43)CC2)C1. The number of hydrogen-bond acceptors (Lipinski definition) is 3. The van der Waals surface area contributed by atoms with E-state index in [1.54, 1.807) is 0 Å². The maximum Gasteiger partial charge on any atom is 0.0550 e. The normalized spacial score (nSPS) is 24.0. The minimum Gasteiger partial charge on any atom is -0.393 e. The van der Waals surface area contributed by atoms with E-state index in [1.165, 1.54) is 74.1 Å². The van der Waals surface area contributed by atoms with Crippen LogP contribution in [-0.2, 0) is 6.42 Å². The standard InChI is InChI=1S/C19H27BrN2O/c20-17-3-1-4-18-16(17)5-10-22(18)9-2-8-21-11-6-19(7-12-21)13-15(23)14-19/h1,3-4,15,23H,2,5-14H2. The van der Waals surface area contributed by atoms with Gasteiger partial charge in [-0.2, -0.15) is 0 Å². The van der Waals surface area contributed by atoms with Gasteiger partial charge in [0.15, 0.2) is 0 Å². The third-order valence-corrected chi connectivity index (χ3v) is 6.97. The van der Waals surface area contributed by atoms with E-state index < -0.39 is 0 Å². The zero-order valence-electron chi connectivity index (χ0n) is 13.8. The molecule has 0 atom stereocenters. The fourth-order valence-electron chi connectivity index (χ4n) is 4.77. The van der Waals surface area contributed by atoms with Crippen molar-refractivity contribution in [1.29, 1.82) is 0 Å². The summed E-state index contributed by atoms with van der Waals surface area (Å²) in [6.07, 6.45) is 7.12. The number of piperidine rings is 1. The van der Waals surface area contributed by atoms with Crippen molar-refractivity contribution in [3.63, 3.8) is 0 Å². The molecule has 4 heteroatoms. The van der Waals surface area contributed by atoms with Crippen LogP contribution in [-0.4, -0.2) is 48.8 Å². The number of anilines is 1. The van der Waals surface area contributed by atoms with E-state index in [9.17, 15) is 5.11 Å². The molecule has 1 saturated carbocycles. The van der Waals surface area contributed by atoms with E-state index in [1.807, 2.05) is 0 Å². The molecule has 0 bridgehead atoms. The van der Waals surface area contributed by atoms with E-state index >= 15 is 0 Å². The number of aliphatic hydroxyl groups is 1. The van der Waals surface area contributed by atoms with Crippen LogP contribution in [0.1, 0.15) is 37.7 Å². The quantitative estimate of drug-likeness (QED) is 0.868. The van der Waals surface area contributed by atoms with Gasteiger partial charge in [-0.3, -0.25) is 0 Å². The number of likely N-dealkylation sites (tertiary alicyclic amines) is 1. The van der Waals surface area contributed by atoms with Crippen molar-refractivity contribution < 1.29 is 5.11 Å². The maximum absolute atomic E-state index is 9.57. The topological polar surface area (TPSA) is 26.7 Å². The van der Waals surface area contributed by atoms with Crippen LogP contribution in [0.25, 0.3) is 0 Å². The summed E-state index contributed by atoms with van der Waals surface area (Å²) < 4.78 is 1.27. The predicted octanol–water partition coefficient (Wildman–Crippen LogP) is 3.44. The van der Waals surface area contributed by atoms with E-state index in [2.05, 4.69) is 43.9 Å². The zero-order valence-corrected chi connectivity index (χ0v) is 15.4. The number of rotatable bonds is 4. The lowest BCUT2D eigenvalue weighted by Crippen LogP contribution is -2.49. The highest BCUT2D eigenvalue weighted by atomic mass is 79.9. The molecule has 0 amide bonds. The van der Waals surface area contributed by atoms with Gasteiger partial charge in [-0.25, -0.2) is 0 Å². The summed E-state index contributed by atoms with van der Waals surface area (Å²) in [5.74, 6) is 0. The number of hydrogen-bond donors (Lipinski definition) is 1. The van der Waals surface area contributed by atoms with Crippen molar-refractivity contribution in [2.45, 2.75) is 44.6 Å². The molecule has 1 aromatic rings. The van der Waals surface area contributed by atoms with Gasteiger partial charge in [-0.1, -0.05) is 22.0 Å². The van der Waals surface area contributed by atoms with Gasteiger partial charge < -0.3 is 14.9 Å². The second-order valence-corrected chi connectivity index (χ2v) is 8.59. The van der Waals surface area contributed by atoms with Gasteiger partial charge in [0.2, 0.25) is 0 Å². The number of nitrogens with zero attached hydrogens (tertiary/aromatic N) is 2. The molecule has 4 rings (SSSR count). The molecule has 23 heavy (non-hydrogen) atoms. The van der Waals surface area contributed by atoms with Crippen molar-refractivity contribution in [2.24, 2.45) is 5.41 Å². The number of fused-ring (bicyclic) bond motifs is 1. The Morgan fingerprint density at radius 2 is 1.91 bits per heavy atom. The molecule has 2 heterocycles. The third kappa shape index (κ3) is 3.18. The van der Waals surface area contributed by atoms with Gasteiger partial charge in [0.1, 0.15) is 0 Å². The average Bonchev–Trinajstić information content (AvgIpc) is 2.93. The first-order valence-corrected chi connectivity index (χ1v) is 9.87. The first-order valence-electron chi connectivity index (χ1n) is 9.08. The van der Waals surface area contributed by atoms with Gasteiger partial charge in [0.05, 0.1) is 6.10 Å². The van der Waals surface area contributed by atoms with Gasteiger partial charge >= 0.3 is 0 Å². The van der Waals surface area contributed by atoms with Crippen LogP contribution in [0.4, 0.5) is 5.69 Å². The Morgan fingerprint density at radius 1 is 1.13 bits per heavy atom. The lowest BCUT2D eigenvalue weighted by atomic mass is 9.61. The average molecular weight is 379 g/mol. The third-order valence-electron chi connectivity index (χ3n) is 6.22. The second kappa shape index (κ2) is 6.38. The molecule has 0 unspecified atom stereocenters. The zero-order chi connectivity index (χ0) is 15.9. The molecule has 0 radical (unpaired) electrons. The first-order chi connectivity index (χ1) is 11.2. The number of aliphatic hydroxyl groups excluding tert-OH is 1. The van der Waals surface area contributed by atoms with Crippen molar-refractivity contribution in [1.82, 2.24) is 4.90 Å². The molecule has 1 aliphatic carbocycles. The Balaban J connectivity index is 1.23. The Morgan fingerprint density at radius 3 is 2.65 bits per heavy atom. The highest BCUT2D eigenvalue weighted by molar-refractivity contribution is 9.10. The highest BCUT2D eigenvalue weighted by Gasteiger charge is 2.44. The molecule has 3 aliphatic rings. The molecule has 2 aliphatic heterocycles. The van der Waals surface area contributed by atoms with Crippen LogP contribution in [0.5, 0.6) is 0 Å². The Kier molecular flexibility index (Phi) is 4.41. The van der Waals surface area contributed by atoms with Crippen LogP contribution in [0.2, 0.25) is 0 Å². The maximum atomic E-state index is 9.57. The van der Waals surface area contributed by atoms with Crippen LogP contribution in [0.15, 0.2) is 22.7 Å². The smallest absolute Gasteiger partial charge is 0.0550 e. The highest BCUT2D eigenvalue weighted by Crippen LogP contribution is 2.48. The molecular formula is C19H27BrN2O. The summed E-state index contributed by atoms with van der Waals surface area (Å²) in [5.41, 5.74) is 3.42. The fraction of sp³-hybridized carbons (Fsp3) is 0.684.